The van der Waals surface area contributed by atoms with Crippen molar-refractivity contribution in [1.82, 2.24) is 14.5 Å². The number of carboxylic acid groups (broad SMARTS) is 1. The molecule has 2 heterocycles. The molecule has 0 aromatic carbocycles. The molecule has 1 aliphatic rings. The second kappa shape index (κ2) is 6.54. The average molecular weight is 310 g/mol. The molecule has 0 bridgehead atoms. The lowest BCUT2D eigenvalue weighted by Gasteiger charge is -2.30. The number of carbonyl (C=O) groups excluding carboxylic acids is 1. The van der Waals surface area contributed by atoms with Crippen molar-refractivity contribution in [2.24, 2.45) is 5.92 Å². The van der Waals surface area contributed by atoms with Gasteiger partial charge in [0.1, 0.15) is 6.20 Å². The number of likely N-dealkylation sites (tertiary alicyclic amines) is 1. The van der Waals surface area contributed by atoms with Gasteiger partial charge < -0.3 is 24.7 Å². The molecular formula is C13H18N4O5. The smallest absolute Gasteiger partial charge is 0.381 e. The van der Waals surface area contributed by atoms with Gasteiger partial charge in [0.05, 0.1) is 5.92 Å². The van der Waals surface area contributed by atoms with Crippen molar-refractivity contribution in [2.45, 2.75) is 32.7 Å². The first-order valence-corrected chi connectivity index (χ1v) is 7.07. The number of hydrogen-bond acceptors (Lipinski definition) is 5. The van der Waals surface area contributed by atoms with Gasteiger partial charge in [0.25, 0.3) is 0 Å². The molecular weight excluding hydrogens is 292 g/mol. The zero-order valence-corrected chi connectivity index (χ0v) is 12.3. The van der Waals surface area contributed by atoms with Gasteiger partial charge in [-0.1, -0.05) is 0 Å². The van der Waals surface area contributed by atoms with Crippen LogP contribution in [0.25, 0.3) is 0 Å². The molecule has 0 saturated carbocycles. The Bertz CT molecular complexity index is 597. The first-order chi connectivity index (χ1) is 10.4. The fourth-order valence-electron chi connectivity index (χ4n) is 2.59. The summed E-state index contributed by atoms with van der Waals surface area (Å²) in [6.07, 6.45) is 2.74. The number of imidazole rings is 1. The zero-order valence-electron chi connectivity index (χ0n) is 12.3. The summed E-state index contributed by atoms with van der Waals surface area (Å²) in [5, 5.41) is 19.7. The van der Waals surface area contributed by atoms with E-state index in [2.05, 4.69) is 4.98 Å². The van der Waals surface area contributed by atoms with Crippen LogP contribution in [-0.4, -0.2) is 49.4 Å². The van der Waals surface area contributed by atoms with Crippen LogP contribution < -0.4 is 0 Å². The predicted octanol–water partition coefficient (Wildman–Crippen LogP) is 0.813. The van der Waals surface area contributed by atoms with Gasteiger partial charge in [-0.25, -0.2) is 0 Å². The number of carboxylic acids is 1. The monoisotopic (exact) mass is 310 g/mol. The van der Waals surface area contributed by atoms with Crippen molar-refractivity contribution >= 4 is 17.7 Å². The van der Waals surface area contributed by atoms with E-state index in [0.29, 0.717) is 31.8 Å². The number of piperidine rings is 1. The van der Waals surface area contributed by atoms with Crippen LogP contribution in [0.4, 0.5) is 5.82 Å². The number of hydrogen-bond donors (Lipinski definition) is 1. The maximum absolute atomic E-state index is 12.2. The number of nitrogens with zero attached hydrogens (tertiary/aromatic N) is 4. The minimum atomic E-state index is -0.876. The quantitative estimate of drug-likeness (QED) is 0.635. The number of amides is 1. The SMILES string of the molecule is Cc1nc([N+](=O)[O-])cn1CCC(=O)N1CCCC(C(=O)O)C1. The van der Waals surface area contributed by atoms with E-state index in [9.17, 15) is 19.7 Å². The third-order valence-corrected chi connectivity index (χ3v) is 3.84. The summed E-state index contributed by atoms with van der Waals surface area (Å²) in [6.45, 7) is 2.72. The minimum Gasteiger partial charge on any atom is -0.481 e. The maximum Gasteiger partial charge on any atom is 0.381 e. The molecule has 1 aromatic rings. The summed E-state index contributed by atoms with van der Waals surface area (Å²) in [6, 6.07) is 0. The van der Waals surface area contributed by atoms with Crippen molar-refractivity contribution in [3.63, 3.8) is 0 Å². The molecule has 0 radical (unpaired) electrons. The van der Waals surface area contributed by atoms with Crippen LogP contribution in [0.1, 0.15) is 25.1 Å². The largest absolute Gasteiger partial charge is 0.481 e. The fourth-order valence-corrected chi connectivity index (χ4v) is 2.59. The van der Waals surface area contributed by atoms with E-state index < -0.39 is 16.8 Å². The Labute approximate surface area is 126 Å². The van der Waals surface area contributed by atoms with E-state index in [1.54, 1.807) is 16.4 Å². The summed E-state index contributed by atoms with van der Waals surface area (Å²) in [5.74, 6) is -1.29. The van der Waals surface area contributed by atoms with E-state index in [-0.39, 0.29) is 24.7 Å². The second-order valence-corrected chi connectivity index (χ2v) is 5.36. The van der Waals surface area contributed by atoms with E-state index in [1.807, 2.05) is 0 Å². The molecule has 1 aromatic heterocycles. The third-order valence-electron chi connectivity index (χ3n) is 3.84. The summed E-state index contributed by atoms with van der Waals surface area (Å²) < 4.78 is 1.56. The van der Waals surface area contributed by atoms with Crippen molar-refractivity contribution < 1.29 is 19.6 Å². The minimum absolute atomic E-state index is 0.137. The van der Waals surface area contributed by atoms with Gasteiger partial charge in [-0.2, -0.15) is 0 Å². The summed E-state index contributed by atoms with van der Waals surface area (Å²) >= 11 is 0. The lowest BCUT2D eigenvalue weighted by molar-refractivity contribution is -0.389. The van der Waals surface area contributed by atoms with Gasteiger partial charge in [-0.05, 0) is 22.7 Å². The van der Waals surface area contributed by atoms with E-state index in [4.69, 9.17) is 5.11 Å². The Balaban J connectivity index is 1.92. The van der Waals surface area contributed by atoms with Crippen LogP contribution in [0, 0.1) is 23.0 Å². The van der Waals surface area contributed by atoms with Gasteiger partial charge in [0.2, 0.25) is 11.7 Å². The van der Waals surface area contributed by atoms with Crippen molar-refractivity contribution in [3.05, 3.63) is 22.1 Å². The van der Waals surface area contributed by atoms with Gasteiger partial charge in [-0.3, -0.25) is 9.59 Å². The summed E-state index contributed by atoms with van der Waals surface area (Å²) in [7, 11) is 0. The molecule has 1 N–H and O–H groups in total. The van der Waals surface area contributed by atoms with Crippen LogP contribution in [0.15, 0.2) is 6.20 Å². The molecule has 1 aliphatic heterocycles. The molecule has 9 nitrogen and oxygen atoms in total. The van der Waals surface area contributed by atoms with Gasteiger partial charge in [0, 0.05) is 33.0 Å². The topological polar surface area (TPSA) is 119 Å². The lowest BCUT2D eigenvalue weighted by atomic mass is 9.98. The normalized spacial score (nSPS) is 18.2. The van der Waals surface area contributed by atoms with Crippen LogP contribution in [0.5, 0.6) is 0 Å². The third kappa shape index (κ3) is 3.60. The number of aromatic nitrogens is 2. The highest BCUT2D eigenvalue weighted by Crippen LogP contribution is 2.18. The first kappa shape index (κ1) is 15.9. The number of carbonyl (C=O) groups is 2. The maximum atomic E-state index is 12.2. The van der Waals surface area contributed by atoms with Gasteiger partial charge >= 0.3 is 11.8 Å². The molecule has 0 spiro atoms. The Morgan fingerprint density at radius 2 is 2.27 bits per heavy atom. The second-order valence-electron chi connectivity index (χ2n) is 5.36. The Hall–Kier alpha value is -2.45. The molecule has 1 atom stereocenters. The summed E-state index contributed by atoms with van der Waals surface area (Å²) in [5.41, 5.74) is 0. The van der Waals surface area contributed by atoms with E-state index in [0.717, 1.165) is 0 Å². The molecule has 1 unspecified atom stereocenters. The van der Waals surface area contributed by atoms with E-state index >= 15 is 0 Å². The highest BCUT2D eigenvalue weighted by atomic mass is 16.6. The molecule has 22 heavy (non-hydrogen) atoms. The van der Waals surface area contributed by atoms with Gasteiger partial charge in [-0.15, -0.1) is 0 Å². The van der Waals surface area contributed by atoms with Crippen molar-refractivity contribution in [3.8, 4) is 0 Å². The van der Waals surface area contributed by atoms with E-state index in [1.165, 1.54) is 6.20 Å². The standard InChI is InChI=1S/C13H18N4O5/c1-9-14-11(17(21)22)8-15(9)6-4-12(18)16-5-2-3-10(7-16)13(19)20/h8,10H,2-7H2,1H3,(H,19,20). The number of rotatable bonds is 5. The summed E-state index contributed by atoms with van der Waals surface area (Å²) in [4.78, 5) is 38.6. The molecule has 1 fully saturated rings. The van der Waals surface area contributed by atoms with Crippen LogP contribution in [0.2, 0.25) is 0 Å². The Morgan fingerprint density at radius 3 is 2.86 bits per heavy atom. The molecule has 1 amide bonds. The van der Waals surface area contributed by atoms with Crippen molar-refractivity contribution in [1.29, 1.82) is 0 Å². The van der Waals surface area contributed by atoms with Crippen LogP contribution in [-0.2, 0) is 16.1 Å². The average Bonchev–Trinajstić information content (AvgIpc) is 2.86. The Morgan fingerprint density at radius 1 is 1.55 bits per heavy atom. The van der Waals surface area contributed by atoms with Crippen LogP contribution in [0.3, 0.4) is 0 Å². The number of aryl methyl sites for hydroxylation is 2. The number of aliphatic carboxylic acids is 1. The molecule has 120 valence electrons. The van der Waals surface area contributed by atoms with Gasteiger partial charge in [0.15, 0.2) is 0 Å². The number of nitro groups is 1. The van der Waals surface area contributed by atoms with Crippen molar-refractivity contribution in [2.75, 3.05) is 13.1 Å². The zero-order chi connectivity index (χ0) is 16.3. The highest BCUT2D eigenvalue weighted by Gasteiger charge is 2.28. The Kier molecular flexibility index (Phi) is 4.74. The highest BCUT2D eigenvalue weighted by molar-refractivity contribution is 5.78. The van der Waals surface area contributed by atoms with Crippen LogP contribution >= 0.6 is 0 Å². The fraction of sp³-hybridized carbons (Fsp3) is 0.615. The molecule has 9 heteroatoms. The lowest BCUT2D eigenvalue weighted by Crippen LogP contribution is -2.42. The first-order valence-electron chi connectivity index (χ1n) is 7.07. The predicted molar refractivity (Wildman–Crippen MR) is 75.2 cm³/mol. The molecule has 0 aliphatic carbocycles. The molecule has 2 rings (SSSR count). The molecule has 1 saturated heterocycles.